The smallest absolute Gasteiger partial charge is 0.150 e. The molecule has 0 radical (unpaired) electrons. The van der Waals surface area contributed by atoms with E-state index in [0.717, 1.165) is 18.8 Å². The molecule has 0 bridgehead atoms. The van der Waals surface area contributed by atoms with Crippen molar-refractivity contribution in [3.05, 3.63) is 0 Å². The van der Waals surface area contributed by atoms with E-state index in [2.05, 4.69) is 5.32 Å². The third-order valence-corrected chi connectivity index (χ3v) is 6.64. The molecule has 3 fully saturated rings. The van der Waals surface area contributed by atoms with Crippen molar-refractivity contribution in [2.75, 3.05) is 24.6 Å². The molecule has 2 atom stereocenters. The minimum atomic E-state index is -2.68. The molecule has 0 aromatic carbocycles. The van der Waals surface area contributed by atoms with Crippen LogP contribution in [0, 0.1) is 17.3 Å². The van der Waals surface area contributed by atoms with Crippen LogP contribution in [0.3, 0.4) is 0 Å². The SMILES string of the molecule is O=S1(=O)CCC(C2CC23CCCNC3)CC1. The average Bonchev–Trinajstić information content (AvgIpc) is 2.93. The van der Waals surface area contributed by atoms with Gasteiger partial charge in [-0.2, -0.15) is 0 Å². The largest absolute Gasteiger partial charge is 0.316 e. The molecular formula is C12H21NO2S. The van der Waals surface area contributed by atoms with Gasteiger partial charge in [0, 0.05) is 6.54 Å². The molecule has 2 heterocycles. The van der Waals surface area contributed by atoms with Crippen LogP contribution in [0.1, 0.15) is 32.1 Å². The van der Waals surface area contributed by atoms with Gasteiger partial charge in [-0.1, -0.05) is 0 Å². The normalized spacial score (nSPS) is 43.4. The summed E-state index contributed by atoms with van der Waals surface area (Å²) in [5.74, 6) is 2.41. The topological polar surface area (TPSA) is 46.2 Å². The third kappa shape index (κ3) is 1.90. The van der Waals surface area contributed by atoms with Gasteiger partial charge in [-0.25, -0.2) is 8.42 Å². The molecule has 3 nitrogen and oxygen atoms in total. The molecule has 1 saturated carbocycles. The number of hydrogen-bond donors (Lipinski definition) is 1. The zero-order valence-electron chi connectivity index (χ0n) is 9.74. The van der Waals surface area contributed by atoms with Crippen molar-refractivity contribution in [1.82, 2.24) is 5.32 Å². The van der Waals surface area contributed by atoms with E-state index in [-0.39, 0.29) is 0 Å². The van der Waals surface area contributed by atoms with Gasteiger partial charge >= 0.3 is 0 Å². The highest BCUT2D eigenvalue weighted by atomic mass is 32.2. The zero-order chi connectivity index (χ0) is 11.2. The van der Waals surface area contributed by atoms with E-state index < -0.39 is 9.84 Å². The molecule has 1 spiro atoms. The van der Waals surface area contributed by atoms with E-state index >= 15 is 0 Å². The second-order valence-electron chi connectivity index (χ2n) is 5.94. The first-order chi connectivity index (χ1) is 7.61. The zero-order valence-corrected chi connectivity index (χ0v) is 10.6. The molecule has 3 aliphatic rings. The molecule has 1 N–H and O–H groups in total. The Kier molecular flexibility index (Phi) is 2.55. The number of hydrogen-bond acceptors (Lipinski definition) is 3. The fraction of sp³-hybridized carbons (Fsp3) is 1.00. The summed E-state index contributed by atoms with van der Waals surface area (Å²) in [5.41, 5.74) is 0.573. The van der Waals surface area contributed by atoms with Crippen molar-refractivity contribution in [2.24, 2.45) is 17.3 Å². The van der Waals surface area contributed by atoms with Crippen molar-refractivity contribution < 1.29 is 8.42 Å². The number of nitrogens with one attached hydrogen (secondary N) is 1. The van der Waals surface area contributed by atoms with Crippen LogP contribution in [0.5, 0.6) is 0 Å². The van der Waals surface area contributed by atoms with Crippen molar-refractivity contribution >= 4 is 9.84 Å². The fourth-order valence-corrected chi connectivity index (χ4v) is 5.37. The van der Waals surface area contributed by atoms with Gasteiger partial charge in [-0.15, -0.1) is 0 Å². The Labute approximate surface area is 97.9 Å². The first-order valence-corrected chi connectivity index (χ1v) is 8.35. The predicted octanol–water partition coefficient (Wildman–Crippen LogP) is 1.20. The van der Waals surface area contributed by atoms with Crippen LogP contribution >= 0.6 is 0 Å². The summed E-state index contributed by atoms with van der Waals surface area (Å²) in [6.07, 6.45) is 5.88. The first kappa shape index (κ1) is 11.0. The van der Waals surface area contributed by atoms with Gasteiger partial charge in [-0.3, -0.25) is 0 Å². The Morgan fingerprint density at radius 2 is 1.94 bits per heavy atom. The summed E-state index contributed by atoms with van der Waals surface area (Å²) >= 11 is 0. The van der Waals surface area contributed by atoms with E-state index in [1.807, 2.05) is 0 Å². The van der Waals surface area contributed by atoms with E-state index in [1.165, 1.54) is 32.4 Å². The van der Waals surface area contributed by atoms with Crippen LogP contribution in [-0.2, 0) is 9.84 Å². The molecule has 2 unspecified atom stereocenters. The lowest BCUT2D eigenvalue weighted by Crippen LogP contribution is -2.34. The Morgan fingerprint density at radius 1 is 1.19 bits per heavy atom. The highest BCUT2D eigenvalue weighted by Crippen LogP contribution is 2.61. The molecule has 1 aliphatic carbocycles. The van der Waals surface area contributed by atoms with Crippen LogP contribution in [0.4, 0.5) is 0 Å². The van der Waals surface area contributed by atoms with Crippen LogP contribution in [-0.4, -0.2) is 33.0 Å². The maximum absolute atomic E-state index is 11.4. The molecule has 0 amide bonds. The molecule has 0 aromatic heterocycles. The Balaban J connectivity index is 1.60. The summed E-state index contributed by atoms with van der Waals surface area (Å²) < 4.78 is 22.8. The minimum Gasteiger partial charge on any atom is -0.316 e. The Morgan fingerprint density at radius 3 is 2.56 bits per heavy atom. The van der Waals surface area contributed by atoms with Crippen LogP contribution < -0.4 is 5.32 Å². The van der Waals surface area contributed by atoms with Crippen molar-refractivity contribution in [3.8, 4) is 0 Å². The second-order valence-corrected chi connectivity index (χ2v) is 8.25. The maximum Gasteiger partial charge on any atom is 0.150 e. The highest BCUT2D eigenvalue weighted by molar-refractivity contribution is 7.91. The van der Waals surface area contributed by atoms with Crippen LogP contribution in [0.2, 0.25) is 0 Å². The van der Waals surface area contributed by atoms with E-state index in [0.29, 0.717) is 22.8 Å². The lowest BCUT2D eigenvalue weighted by Gasteiger charge is -2.28. The van der Waals surface area contributed by atoms with Gasteiger partial charge in [0.1, 0.15) is 9.84 Å². The van der Waals surface area contributed by atoms with Crippen LogP contribution in [0.15, 0.2) is 0 Å². The van der Waals surface area contributed by atoms with Crippen LogP contribution in [0.25, 0.3) is 0 Å². The molecule has 0 aromatic rings. The lowest BCUT2D eigenvalue weighted by molar-refractivity contribution is 0.275. The first-order valence-electron chi connectivity index (χ1n) is 6.53. The standard InChI is InChI=1S/C12H21NO2S/c14-16(15)6-2-10(3-7-16)11-8-12(11)4-1-5-13-9-12/h10-11,13H,1-9H2. The van der Waals surface area contributed by atoms with Gasteiger partial charge in [0.15, 0.2) is 0 Å². The van der Waals surface area contributed by atoms with Gasteiger partial charge in [-0.05, 0) is 55.9 Å². The summed E-state index contributed by atoms with van der Waals surface area (Å²) in [6.45, 7) is 2.36. The Bertz CT molecular complexity index is 356. The number of rotatable bonds is 1. The molecular weight excluding hydrogens is 222 g/mol. The summed E-state index contributed by atoms with van der Waals surface area (Å²) in [4.78, 5) is 0. The summed E-state index contributed by atoms with van der Waals surface area (Å²) in [6, 6.07) is 0. The molecule has 2 aliphatic heterocycles. The van der Waals surface area contributed by atoms with Crippen molar-refractivity contribution in [3.63, 3.8) is 0 Å². The molecule has 4 heteroatoms. The van der Waals surface area contributed by atoms with Crippen molar-refractivity contribution in [1.29, 1.82) is 0 Å². The monoisotopic (exact) mass is 243 g/mol. The van der Waals surface area contributed by atoms with Crippen molar-refractivity contribution in [2.45, 2.75) is 32.1 Å². The third-order valence-electron chi connectivity index (χ3n) is 4.93. The highest BCUT2D eigenvalue weighted by Gasteiger charge is 2.57. The molecule has 3 rings (SSSR count). The molecule has 2 saturated heterocycles. The summed E-state index contributed by atoms with van der Waals surface area (Å²) in [7, 11) is -2.68. The van der Waals surface area contributed by atoms with Gasteiger partial charge in [0.25, 0.3) is 0 Å². The van der Waals surface area contributed by atoms with E-state index in [1.54, 1.807) is 0 Å². The maximum atomic E-state index is 11.4. The fourth-order valence-electron chi connectivity index (χ4n) is 3.84. The minimum absolute atomic E-state index is 0.442. The Hall–Kier alpha value is -0.0900. The van der Waals surface area contributed by atoms with Gasteiger partial charge in [0.05, 0.1) is 11.5 Å². The number of piperidine rings is 1. The average molecular weight is 243 g/mol. The predicted molar refractivity (Wildman–Crippen MR) is 64.0 cm³/mol. The number of sulfone groups is 1. The second kappa shape index (κ2) is 3.70. The molecule has 16 heavy (non-hydrogen) atoms. The lowest BCUT2D eigenvalue weighted by atomic mass is 9.86. The molecule has 92 valence electrons. The van der Waals surface area contributed by atoms with Gasteiger partial charge < -0.3 is 5.32 Å². The van der Waals surface area contributed by atoms with E-state index in [9.17, 15) is 8.42 Å². The van der Waals surface area contributed by atoms with E-state index in [4.69, 9.17) is 0 Å². The van der Waals surface area contributed by atoms with Gasteiger partial charge in [0.2, 0.25) is 0 Å². The quantitative estimate of drug-likeness (QED) is 0.753. The summed E-state index contributed by atoms with van der Waals surface area (Å²) in [5, 5.41) is 3.50.